The largest absolute Gasteiger partial charge is 0.468 e. The third-order valence-electron chi connectivity index (χ3n) is 4.53. The molecule has 118 valence electrons. The van der Waals surface area contributed by atoms with Crippen molar-refractivity contribution in [3.05, 3.63) is 41.6 Å². The van der Waals surface area contributed by atoms with E-state index in [0.29, 0.717) is 5.92 Å². The van der Waals surface area contributed by atoms with Crippen molar-refractivity contribution in [2.75, 3.05) is 19.8 Å². The molecule has 0 radical (unpaired) electrons. The molecule has 0 saturated heterocycles. The van der Waals surface area contributed by atoms with E-state index in [1.54, 1.807) is 6.26 Å². The smallest absolute Gasteiger partial charge is 0.117 e. The molecule has 0 bridgehead atoms. The molecule has 2 aromatic heterocycles. The number of furan rings is 1. The summed E-state index contributed by atoms with van der Waals surface area (Å²) in [4.78, 5) is 2.42. The number of aryl methyl sites for hydroxylation is 1. The molecule has 1 aliphatic carbocycles. The van der Waals surface area contributed by atoms with E-state index in [4.69, 9.17) is 9.15 Å². The molecule has 22 heavy (non-hydrogen) atoms. The average Bonchev–Trinajstić information content (AvgIpc) is 3.02. The molecule has 0 aromatic carbocycles. The van der Waals surface area contributed by atoms with E-state index in [2.05, 4.69) is 16.2 Å². The molecule has 1 saturated carbocycles. The lowest BCUT2D eigenvalue weighted by Gasteiger charge is -2.31. The SMILES string of the molecule is Cn1cc2c(n1)C(COCC1CC1)CN(Cc1ccco1)C2. The Bertz CT molecular complexity index is 616. The van der Waals surface area contributed by atoms with Crippen LogP contribution in [0.15, 0.2) is 29.0 Å². The number of nitrogens with zero attached hydrogens (tertiary/aromatic N) is 3. The van der Waals surface area contributed by atoms with E-state index >= 15 is 0 Å². The standard InChI is InChI=1S/C17H23N3O2/c1-19-7-14-8-20(10-16-3-2-6-22-16)9-15(17(14)18-19)12-21-11-13-4-5-13/h2-3,6-7,13,15H,4-5,8-12H2,1H3. The zero-order chi connectivity index (χ0) is 14.9. The van der Waals surface area contributed by atoms with E-state index in [1.807, 2.05) is 23.9 Å². The Morgan fingerprint density at radius 3 is 3.05 bits per heavy atom. The van der Waals surface area contributed by atoms with Crippen LogP contribution in [0.3, 0.4) is 0 Å². The first-order chi connectivity index (χ1) is 10.8. The predicted octanol–water partition coefficient (Wildman–Crippen LogP) is 2.54. The normalized spacial score (nSPS) is 22.0. The van der Waals surface area contributed by atoms with E-state index in [1.165, 1.54) is 24.1 Å². The van der Waals surface area contributed by atoms with Crippen LogP contribution in [-0.4, -0.2) is 34.4 Å². The van der Waals surface area contributed by atoms with Gasteiger partial charge in [-0.05, 0) is 30.9 Å². The molecule has 4 rings (SSSR count). The Morgan fingerprint density at radius 1 is 1.36 bits per heavy atom. The molecule has 0 amide bonds. The van der Waals surface area contributed by atoms with Gasteiger partial charge < -0.3 is 9.15 Å². The van der Waals surface area contributed by atoms with Crippen molar-refractivity contribution in [2.45, 2.75) is 31.8 Å². The summed E-state index contributed by atoms with van der Waals surface area (Å²) in [5, 5.41) is 4.66. The maximum Gasteiger partial charge on any atom is 0.117 e. The highest BCUT2D eigenvalue weighted by Gasteiger charge is 2.29. The van der Waals surface area contributed by atoms with E-state index in [0.717, 1.165) is 44.5 Å². The molecular formula is C17H23N3O2. The van der Waals surface area contributed by atoms with Gasteiger partial charge in [0, 0.05) is 44.4 Å². The summed E-state index contributed by atoms with van der Waals surface area (Å²) < 4.78 is 13.4. The number of ether oxygens (including phenoxy) is 1. The third kappa shape index (κ3) is 3.10. The summed E-state index contributed by atoms with van der Waals surface area (Å²) in [5.41, 5.74) is 2.54. The van der Waals surface area contributed by atoms with Crippen LogP contribution in [0.5, 0.6) is 0 Å². The summed E-state index contributed by atoms with van der Waals surface area (Å²) in [6.07, 6.45) is 6.55. The van der Waals surface area contributed by atoms with Gasteiger partial charge in [0.25, 0.3) is 0 Å². The monoisotopic (exact) mass is 301 g/mol. The maximum atomic E-state index is 5.95. The van der Waals surface area contributed by atoms with E-state index < -0.39 is 0 Å². The Kier molecular flexibility index (Phi) is 3.76. The Hall–Kier alpha value is -1.59. The van der Waals surface area contributed by atoms with Gasteiger partial charge in [-0.1, -0.05) is 0 Å². The van der Waals surface area contributed by atoms with Gasteiger partial charge in [0.05, 0.1) is 25.1 Å². The minimum absolute atomic E-state index is 0.360. The van der Waals surface area contributed by atoms with Crippen LogP contribution >= 0.6 is 0 Å². The second kappa shape index (κ2) is 5.89. The van der Waals surface area contributed by atoms with Crippen LogP contribution in [0.25, 0.3) is 0 Å². The first-order valence-electron chi connectivity index (χ1n) is 8.13. The summed E-state index contributed by atoms with van der Waals surface area (Å²) in [5.74, 6) is 2.19. The van der Waals surface area contributed by atoms with Gasteiger partial charge >= 0.3 is 0 Å². The third-order valence-corrected chi connectivity index (χ3v) is 4.53. The van der Waals surface area contributed by atoms with Crippen molar-refractivity contribution >= 4 is 0 Å². The molecule has 2 aromatic rings. The molecule has 1 fully saturated rings. The molecule has 2 aliphatic rings. The van der Waals surface area contributed by atoms with Gasteiger partial charge in [-0.3, -0.25) is 9.58 Å². The molecule has 0 N–H and O–H groups in total. The second-order valence-corrected chi connectivity index (χ2v) is 6.64. The summed E-state index contributed by atoms with van der Waals surface area (Å²) in [6.45, 7) is 4.45. The minimum atomic E-state index is 0.360. The lowest BCUT2D eigenvalue weighted by atomic mass is 9.97. The molecular weight excluding hydrogens is 278 g/mol. The minimum Gasteiger partial charge on any atom is -0.468 e. The second-order valence-electron chi connectivity index (χ2n) is 6.64. The summed E-state index contributed by atoms with van der Waals surface area (Å²) in [7, 11) is 2.00. The van der Waals surface area contributed by atoms with Gasteiger partial charge in [0.15, 0.2) is 0 Å². The molecule has 5 nitrogen and oxygen atoms in total. The summed E-state index contributed by atoms with van der Waals surface area (Å²) in [6, 6.07) is 3.99. The van der Waals surface area contributed by atoms with E-state index in [-0.39, 0.29) is 0 Å². The lowest BCUT2D eigenvalue weighted by molar-refractivity contribution is 0.0865. The fraction of sp³-hybridized carbons (Fsp3) is 0.588. The predicted molar refractivity (Wildman–Crippen MR) is 82.3 cm³/mol. The van der Waals surface area contributed by atoms with Crippen LogP contribution in [0, 0.1) is 5.92 Å². The Balaban J connectivity index is 1.45. The molecule has 3 heterocycles. The fourth-order valence-electron chi connectivity index (χ4n) is 3.26. The first-order valence-corrected chi connectivity index (χ1v) is 8.13. The number of fused-ring (bicyclic) bond motifs is 1. The Labute approximate surface area is 130 Å². The zero-order valence-electron chi connectivity index (χ0n) is 13.1. The number of hydrogen-bond acceptors (Lipinski definition) is 4. The van der Waals surface area contributed by atoms with Crippen LogP contribution in [0.2, 0.25) is 0 Å². The highest BCUT2D eigenvalue weighted by atomic mass is 16.5. The zero-order valence-corrected chi connectivity index (χ0v) is 13.1. The van der Waals surface area contributed by atoms with Crippen LogP contribution in [-0.2, 0) is 24.9 Å². The molecule has 1 unspecified atom stereocenters. The maximum absolute atomic E-state index is 5.95. The van der Waals surface area contributed by atoms with Crippen LogP contribution < -0.4 is 0 Å². The van der Waals surface area contributed by atoms with Crippen molar-refractivity contribution < 1.29 is 9.15 Å². The van der Waals surface area contributed by atoms with Crippen LogP contribution in [0.1, 0.15) is 35.8 Å². The van der Waals surface area contributed by atoms with E-state index in [9.17, 15) is 0 Å². The quantitative estimate of drug-likeness (QED) is 0.822. The average molecular weight is 301 g/mol. The first kappa shape index (κ1) is 14.0. The molecule has 1 aliphatic heterocycles. The van der Waals surface area contributed by atoms with Crippen LogP contribution in [0.4, 0.5) is 0 Å². The van der Waals surface area contributed by atoms with Crippen molar-refractivity contribution in [1.82, 2.24) is 14.7 Å². The van der Waals surface area contributed by atoms with Crippen molar-refractivity contribution in [3.63, 3.8) is 0 Å². The molecule has 5 heteroatoms. The highest BCUT2D eigenvalue weighted by Crippen LogP contribution is 2.31. The van der Waals surface area contributed by atoms with Gasteiger partial charge in [-0.25, -0.2) is 0 Å². The topological polar surface area (TPSA) is 43.4 Å². The van der Waals surface area contributed by atoms with Crippen molar-refractivity contribution in [1.29, 1.82) is 0 Å². The lowest BCUT2D eigenvalue weighted by Crippen LogP contribution is -2.34. The number of rotatable bonds is 6. The molecule has 1 atom stereocenters. The Morgan fingerprint density at radius 2 is 2.27 bits per heavy atom. The van der Waals surface area contributed by atoms with Crippen molar-refractivity contribution in [2.24, 2.45) is 13.0 Å². The number of aromatic nitrogens is 2. The van der Waals surface area contributed by atoms with Gasteiger partial charge in [0.2, 0.25) is 0 Å². The van der Waals surface area contributed by atoms with Crippen molar-refractivity contribution in [3.8, 4) is 0 Å². The highest BCUT2D eigenvalue weighted by molar-refractivity contribution is 5.24. The summed E-state index contributed by atoms with van der Waals surface area (Å²) >= 11 is 0. The van der Waals surface area contributed by atoms with Gasteiger partial charge in [0.1, 0.15) is 5.76 Å². The molecule has 0 spiro atoms. The van der Waals surface area contributed by atoms with Gasteiger partial charge in [-0.2, -0.15) is 5.10 Å². The van der Waals surface area contributed by atoms with Gasteiger partial charge in [-0.15, -0.1) is 0 Å². The number of hydrogen-bond donors (Lipinski definition) is 0. The fourth-order valence-corrected chi connectivity index (χ4v) is 3.26.